The smallest absolute Gasteiger partial charge is 0.185 e. The maximum atomic E-state index is 11.9. The summed E-state index contributed by atoms with van der Waals surface area (Å²) in [5, 5.41) is 9.79. The highest BCUT2D eigenvalue weighted by atomic mass is 35.5. The van der Waals surface area contributed by atoms with Gasteiger partial charge < -0.3 is 9.84 Å². The van der Waals surface area contributed by atoms with Gasteiger partial charge in [-0.1, -0.05) is 17.7 Å². The quantitative estimate of drug-likeness (QED) is 0.693. The lowest BCUT2D eigenvalue weighted by Crippen LogP contribution is -1.93. The lowest BCUT2D eigenvalue weighted by molar-refractivity contribution is 0.104. The number of allylic oxidation sites excluding steroid dienone is 1. The molecule has 0 aliphatic rings. The average molecular weight is 290 g/mol. The van der Waals surface area contributed by atoms with Gasteiger partial charge in [-0.05, 0) is 35.9 Å². The number of ether oxygens (including phenoxy) is 1. The molecule has 0 spiro atoms. The molecule has 0 aliphatic heterocycles. The van der Waals surface area contributed by atoms with Crippen molar-refractivity contribution < 1.29 is 14.6 Å². The molecule has 0 fully saturated rings. The number of carbonyl (C=O) groups excluding carboxylic acids is 1. The molecule has 5 heteroatoms. The van der Waals surface area contributed by atoms with Crippen LogP contribution < -0.4 is 4.74 Å². The molecule has 0 aliphatic carbocycles. The fraction of sp³-hybridized carbons (Fsp3) is 0.0667. The second-order valence-corrected chi connectivity index (χ2v) is 4.39. The number of benzene rings is 1. The maximum Gasteiger partial charge on any atom is 0.185 e. The van der Waals surface area contributed by atoms with E-state index >= 15 is 0 Å². The third kappa shape index (κ3) is 3.16. The summed E-state index contributed by atoms with van der Waals surface area (Å²) in [5.41, 5.74) is 1.21. The number of rotatable bonds is 4. The second-order valence-electron chi connectivity index (χ2n) is 3.99. The van der Waals surface area contributed by atoms with Crippen LogP contribution in [0.4, 0.5) is 0 Å². The molecule has 0 bridgehead atoms. The van der Waals surface area contributed by atoms with E-state index in [1.807, 2.05) is 0 Å². The normalized spacial score (nSPS) is 10.7. The Hall–Kier alpha value is -2.33. The molecular formula is C15H12ClNO3. The van der Waals surface area contributed by atoms with Gasteiger partial charge in [-0.25, -0.2) is 0 Å². The Bertz CT molecular complexity index is 654. The summed E-state index contributed by atoms with van der Waals surface area (Å²) >= 11 is 5.87. The van der Waals surface area contributed by atoms with Crippen molar-refractivity contribution in [3.05, 3.63) is 58.9 Å². The van der Waals surface area contributed by atoms with Crippen molar-refractivity contribution in [2.45, 2.75) is 0 Å². The van der Waals surface area contributed by atoms with E-state index in [2.05, 4.69) is 4.98 Å². The molecule has 1 aromatic carbocycles. The number of hydrogen-bond donors (Lipinski definition) is 1. The first kappa shape index (κ1) is 14.1. The molecule has 0 saturated carbocycles. The zero-order valence-electron chi connectivity index (χ0n) is 10.7. The number of aromatic nitrogens is 1. The number of halogens is 1. The van der Waals surface area contributed by atoms with Gasteiger partial charge in [0.2, 0.25) is 0 Å². The summed E-state index contributed by atoms with van der Waals surface area (Å²) in [6, 6.07) is 6.42. The number of phenolic OH excluding ortho intramolecular Hbond substituents is 1. The number of ketones is 1. The Labute approximate surface area is 121 Å². The molecule has 2 rings (SSSR count). The van der Waals surface area contributed by atoms with E-state index in [4.69, 9.17) is 16.3 Å². The van der Waals surface area contributed by atoms with Crippen LogP contribution in [0.25, 0.3) is 6.08 Å². The number of hydrogen-bond acceptors (Lipinski definition) is 4. The van der Waals surface area contributed by atoms with E-state index in [9.17, 15) is 9.90 Å². The average Bonchev–Trinajstić information content (AvgIpc) is 2.48. The summed E-state index contributed by atoms with van der Waals surface area (Å²) < 4.78 is 5.00. The van der Waals surface area contributed by atoms with Crippen LogP contribution in [-0.2, 0) is 0 Å². The third-order valence-electron chi connectivity index (χ3n) is 2.66. The maximum absolute atomic E-state index is 11.9. The number of nitrogens with zero attached hydrogens (tertiary/aromatic N) is 1. The standard InChI is InChI=1S/C15H12ClNO3/c1-20-14-9-10(8-12(16)15(14)19)2-3-13(18)11-4-6-17-7-5-11/h2-9,19H,1H3/b3-2+. The lowest BCUT2D eigenvalue weighted by atomic mass is 10.1. The van der Waals surface area contributed by atoms with Gasteiger partial charge in [-0.15, -0.1) is 0 Å². The van der Waals surface area contributed by atoms with Gasteiger partial charge in [-0.3, -0.25) is 9.78 Å². The van der Waals surface area contributed by atoms with E-state index in [1.165, 1.54) is 13.2 Å². The van der Waals surface area contributed by atoms with Gasteiger partial charge in [0.1, 0.15) is 0 Å². The highest BCUT2D eigenvalue weighted by Crippen LogP contribution is 2.35. The molecule has 0 unspecified atom stereocenters. The van der Waals surface area contributed by atoms with Gasteiger partial charge in [0.05, 0.1) is 12.1 Å². The molecule has 0 atom stereocenters. The highest BCUT2D eigenvalue weighted by molar-refractivity contribution is 6.32. The molecular weight excluding hydrogens is 278 g/mol. The Morgan fingerprint density at radius 1 is 1.35 bits per heavy atom. The van der Waals surface area contributed by atoms with Crippen molar-refractivity contribution >= 4 is 23.5 Å². The number of phenols is 1. The topological polar surface area (TPSA) is 59.4 Å². The lowest BCUT2D eigenvalue weighted by Gasteiger charge is -2.06. The van der Waals surface area contributed by atoms with Crippen LogP contribution in [0.1, 0.15) is 15.9 Å². The Morgan fingerprint density at radius 2 is 2.05 bits per heavy atom. The van der Waals surface area contributed by atoms with E-state index in [1.54, 1.807) is 42.7 Å². The van der Waals surface area contributed by atoms with Gasteiger partial charge in [0, 0.05) is 18.0 Å². The molecule has 1 heterocycles. The van der Waals surface area contributed by atoms with Crippen LogP contribution in [-0.4, -0.2) is 23.0 Å². The van der Waals surface area contributed by atoms with Crippen LogP contribution in [0, 0.1) is 0 Å². The summed E-state index contributed by atoms with van der Waals surface area (Å²) in [6.45, 7) is 0. The van der Waals surface area contributed by atoms with Gasteiger partial charge in [0.15, 0.2) is 17.3 Å². The van der Waals surface area contributed by atoms with Gasteiger partial charge in [0.25, 0.3) is 0 Å². The minimum atomic E-state index is -0.143. The largest absolute Gasteiger partial charge is 0.503 e. The van der Waals surface area contributed by atoms with Crippen molar-refractivity contribution in [2.24, 2.45) is 0 Å². The number of methoxy groups -OCH3 is 1. The first-order valence-corrected chi connectivity index (χ1v) is 6.18. The Balaban J connectivity index is 2.24. The minimum absolute atomic E-state index is 0.119. The van der Waals surface area contributed by atoms with Crippen molar-refractivity contribution in [2.75, 3.05) is 7.11 Å². The van der Waals surface area contributed by atoms with E-state index in [0.29, 0.717) is 11.1 Å². The zero-order valence-corrected chi connectivity index (χ0v) is 11.5. The molecule has 0 amide bonds. The SMILES string of the molecule is COc1cc(/C=C/C(=O)c2ccncc2)cc(Cl)c1O. The predicted octanol–water partition coefficient (Wildman–Crippen LogP) is 3.35. The van der Waals surface area contributed by atoms with Crippen molar-refractivity contribution in [3.8, 4) is 11.5 Å². The summed E-state index contributed by atoms with van der Waals surface area (Å²) in [6.07, 6.45) is 6.15. The van der Waals surface area contributed by atoms with Gasteiger partial charge in [-0.2, -0.15) is 0 Å². The van der Waals surface area contributed by atoms with Gasteiger partial charge >= 0.3 is 0 Å². The van der Waals surface area contributed by atoms with Crippen molar-refractivity contribution in [1.82, 2.24) is 4.98 Å². The van der Waals surface area contributed by atoms with Crippen LogP contribution >= 0.6 is 11.6 Å². The highest BCUT2D eigenvalue weighted by Gasteiger charge is 2.08. The predicted molar refractivity (Wildman–Crippen MR) is 77.3 cm³/mol. The first-order valence-electron chi connectivity index (χ1n) is 5.80. The molecule has 1 N–H and O–H groups in total. The molecule has 1 aromatic heterocycles. The van der Waals surface area contributed by atoms with Crippen molar-refractivity contribution in [1.29, 1.82) is 0 Å². The van der Waals surface area contributed by atoms with Crippen LogP contribution in [0.5, 0.6) is 11.5 Å². The fourth-order valence-corrected chi connectivity index (χ4v) is 1.85. The molecule has 0 radical (unpaired) electrons. The molecule has 2 aromatic rings. The van der Waals surface area contributed by atoms with Crippen LogP contribution in [0.2, 0.25) is 5.02 Å². The van der Waals surface area contributed by atoms with E-state index in [0.717, 1.165) is 0 Å². The first-order chi connectivity index (χ1) is 9.61. The molecule has 4 nitrogen and oxygen atoms in total. The second kappa shape index (κ2) is 6.21. The van der Waals surface area contributed by atoms with Crippen LogP contribution in [0.15, 0.2) is 42.7 Å². The summed E-state index contributed by atoms with van der Waals surface area (Å²) in [4.78, 5) is 15.7. The van der Waals surface area contributed by atoms with E-state index < -0.39 is 0 Å². The summed E-state index contributed by atoms with van der Waals surface area (Å²) in [7, 11) is 1.43. The minimum Gasteiger partial charge on any atom is -0.503 e. The monoisotopic (exact) mass is 289 g/mol. The summed E-state index contributed by atoms with van der Waals surface area (Å²) in [5.74, 6) is -0.00384. The Morgan fingerprint density at radius 3 is 2.70 bits per heavy atom. The fourth-order valence-electron chi connectivity index (χ4n) is 1.63. The Kier molecular flexibility index (Phi) is 4.38. The third-order valence-corrected chi connectivity index (χ3v) is 2.95. The number of aromatic hydroxyl groups is 1. The number of pyridine rings is 1. The molecule has 102 valence electrons. The molecule has 0 saturated heterocycles. The van der Waals surface area contributed by atoms with E-state index in [-0.39, 0.29) is 22.3 Å². The van der Waals surface area contributed by atoms with Crippen molar-refractivity contribution in [3.63, 3.8) is 0 Å². The molecule has 20 heavy (non-hydrogen) atoms. The number of carbonyl (C=O) groups is 1. The zero-order chi connectivity index (χ0) is 14.5. The van der Waals surface area contributed by atoms with Crippen LogP contribution in [0.3, 0.4) is 0 Å².